The molecule has 0 aliphatic heterocycles. The molecule has 17 heavy (non-hydrogen) atoms. The lowest BCUT2D eigenvalue weighted by molar-refractivity contribution is 0.203. The first kappa shape index (κ1) is 12.5. The largest absolute Gasteiger partial charge is 0.384 e. The fourth-order valence-corrected chi connectivity index (χ4v) is 2.61. The second-order valence-corrected chi connectivity index (χ2v) is 5.66. The van der Waals surface area contributed by atoms with Crippen molar-refractivity contribution in [1.82, 2.24) is 9.38 Å². The van der Waals surface area contributed by atoms with E-state index in [0.717, 1.165) is 23.7 Å². The van der Waals surface area contributed by atoms with E-state index in [4.69, 9.17) is 4.74 Å². The average molecular weight is 250 g/mol. The molecule has 2 rings (SSSR count). The number of nitrogens with zero attached hydrogens (tertiary/aromatic N) is 2. The van der Waals surface area contributed by atoms with Crippen molar-refractivity contribution in [2.45, 2.75) is 24.9 Å². The number of ether oxygens (including phenoxy) is 1. The third kappa shape index (κ3) is 3.01. The van der Waals surface area contributed by atoms with E-state index in [0.29, 0.717) is 5.25 Å². The zero-order chi connectivity index (χ0) is 12.3. The molecule has 0 fully saturated rings. The fourth-order valence-electron chi connectivity index (χ4n) is 1.78. The number of hydrogen-bond donors (Lipinski definition) is 0. The van der Waals surface area contributed by atoms with E-state index in [-0.39, 0.29) is 0 Å². The number of pyridine rings is 1. The van der Waals surface area contributed by atoms with Crippen molar-refractivity contribution >= 4 is 17.4 Å². The van der Waals surface area contributed by atoms with Crippen molar-refractivity contribution in [1.29, 1.82) is 0 Å². The van der Waals surface area contributed by atoms with Gasteiger partial charge in [0.15, 0.2) is 0 Å². The molecule has 0 aromatic carbocycles. The van der Waals surface area contributed by atoms with E-state index < -0.39 is 0 Å². The molecular formula is C13H18N2OS. The molecule has 0 N–H and O–H groups in total. The number of fused-ring (bicyclic) bond motifs is 1. The van der Waals surface area contributed by atoms with Crippen LogP contribution in [0, 0.1) is 6.92 Å². The highest BCUT2D eigenvalue weighted by Gasteiger charge is 2.06. The van der Waals surface area contributed by atoms with Gasteiger partial charge in [0.2, 0.25) is 0 Å². The molecule has 0 amide bonds. The van der Waals surface area contributed by atoms with Gasteiger partial charge in [0.05, 0.1) is 12.3 Å². The molecule has 0 unspecified atom stereocenters. The quantitative estimate of drug-likeness (QED) is 0.816. The van der Waals surface area contributed by atoms with Crippen LogP contribution >= 0.6 is 11.8 Å². The number of imidazole rings is 1. The van der Waals surface area contributed by atoms with Crippen molar-refractivity contribution in [2.24, 2.45) is 0 Å². The monoisotopic (exact) mass is 250 g/mol. The molecule has 1 atom stereocenters. The van der Waals surface area contributed by atoms with Gasteiger partial charge >= 0.3 is 0 Å². The maximum absolute atomic E-state index is 5.12. The van der Waals surface area contributed by atoms with Crippen LogP contribution in [-0.4, -0.2) is 28.4 Å². The summed E-state index contributed by atoms with van der Waals surface area (Å²) < 4.78 is 7.21. The highest BCUT2D eigenvalue weighted by Crippen LogP contribution is 2.18. The van der Waals surface area contributed by atoms with Crippen LogP contribution in [0.5, 0.6) is 0 Å². The smallest absolute Gasteiger partial charge is 0.139 e. The number of thioether (sulfide) groups is 1. The molecule has 92 valence electrons. The van der Waals surface area contributed by atoms with Gasteiger partial charge in [-0.2, -0.15) is 0 Å². The summed E-state index contributed by atoms with van der Waals surface area (Å²) in [5, 5.41) is 0.505. The first-order valence-electron chi connectivity index (χ1n) is 5.74. The van der Waals surface area contributed by atoms with Gasteiger partial charge in [-0.15, -0.1) is 11.8 Å². The number of methoxy groups -OCH3 is 1. The molecule has 2 aromatic rings. The fraction of sp³-hybridized carbons (Fsp3) is 0.462. The second-order valence-electron chi connectivity index (χ2n) is 4.23. The third-order valence-corrected chi connectivity index (χ3v) is 3.81. The van der Waals surface area contributed by atoms with Crippen LogP contribution in [-0.2, 0) is 10.5 Å². The molecular weight excluding hydrogens is 232 g/mol. The molecule has 0 spiro atoms. The minimum atomic E-state index is 0.505. The molecule has 2 heterocycles. The standard InChI is InChI=1S/C13H18N2OS/c1-10-5-4-6-15-7-12(14-13(10)15)9-17-11(2)8-16-3/h4-7,11H,8-9H2,1-3H3/t11-/m1/s1. The van der Waals surface area contributed by atoms with Crippen LogP contribution in [0.3, 0.4) is 0 Å². The summed E-state index contributed by atoms with van der Waals surface area (Å²) in [6.45, 7) is 5.05. The van der Waals surface area contributed by atoms with Crippen molar-refractivity contribution in [2.75, 3.05) is 13.7 Å². The van der Waals surface area contributed by atoms with Crippen molar-refractivity contribution in [3.8, 4) is 0 Å². The van der Waals surface area contributed by atoms with Gasteiger partial charge in [-0.05, 0) is 18.6 Å². The van der Waals surface area contributed by atoms with Crippen molar-refractivity contribution in [3.63, 3.8) is 0 Å². The number of aromatic nitrogens is 2. The Hall–Kier alpha value is -1.00. The lowest BCUT2D eigenvalue weighted by Gasteiger charge is -2.07. The average Bonchev–Trinajstić information content (AvgIpc) is 2.71. The van der Waals surface area contributed by atoms with E-state index in [9.17, 15) is 0 Å². The lowest BCUT2D eigenvalue weighted by Crippen LogP contribution is -2.05. The Kier molecular flexibility index (Phi) is 4.07. The predicted octanol–water partition coefficient (Wildman–Crippen LogP) is 2.91. The Morgan fingerprint density at radius 3 is 3.06 bits per heavy atom. The summed E-state index contributed by atoms with van der Waals surface area (Å²) in [4.78, 5) is 4.65. The summed E-state index contributed by atoms with van der Waals surface area (Å²) in [6.07, 6.45) is 4.15. The van der Waals surface area contributed by atoms with E-state index in [1.54, 1.807) is 7.11 Å². The minimum Gasteiger partial charge on any atom is -0.384 e. The van der Waals surface area contributed by atoms with Gasteiger partial charge < -0.3 is 9.14 Å². The lowest BCUT2D eigenvalue weighted by atomic mass is 10.3. The molecule has 2 aromatic heterocycles. The van der Waals surface area contributed by atoms with E-state index in [2.05, 4.69) is 41.6 Å². The van der Waals surface area contributed by atoms with Gasteiger partial charge in [-0.3, -0.25) is 0 Å². The van der Waals surface area contributed by atoms with Crippen LogP contribution in [0.2, 0.25) is 0 Å². The van der Waals surface area contributed by atoms with Crippen molar-refractivity contribution < 1.29 is 4.74 Å². The maximum atomic E-state index is 5.12. The van der Waals surface area contributed by atoms with Crippen LogP contribution < -0.4 is 0 Å². The molecule has 0 aliphatic rings. The van der Waals surface area contributed by atoms with Gasteiger partial charge in [0.25, 0.3) is 0 Å². The van der Waals surface area contributed by atoms with Gasteiger partial charge in [0.1, 0.15) is 5.65 Å². The van der Waals surface area contributed by atoms with Gasteiger partial charge in [-0.25, -0.2) is 4.98 Å². The zero-order valence-electron chi connectivity index (χ0n) is 10.5. The van der Waals surface area contributed by atoms with Crippen LogP contribution in [0.4, 0.5) is 0 Å². The first-order valence-corrected chi connectivity index (χ1v) is 6.79. The Labute approximate surface area is 106 Å². The summed E-state index contributed by atoms with van der Waals surface area (Å²) in [5.41, 5.74) is 3.41. The Morgan fingerprint density at radius 2 is 2.35 bits per heavy atom. The van der Waals surface area contributed by atoms with E-state index in [1.807, 2.05) is 18.0 Å². The van der Waals surface area contributed by atoms with Crippen LogP contribution in [0.25, 0.3) is 5.65 Å². The van der Waals surface area contributed by atoms with Gasteiger partial charge in [-0.1, -0.05) is 13.0 Å². The number of hydrogen-bond acceptors (Lipinski definition) is 3. The minimum absolute atomic E-state index is 0.505. The molecule has 0 aliphatic carbocycles. The SMILES string of the molecule is COC[C@@H](C)SCc1cn2cccc(C)c2n1. The molecule has 0 saturated heterocycles. The number of rotatable bonds is 5. The Morgan fingerprint density at radius 1 is 1.53 bits per heavy atom. The number of aryl methyl sites for hydroxylation is 1. The van der Waals surface area contributed by atoms with Crippen LogP contribution in [0.1, 0.15) is 18.2 Å². The Balaban J connectivity index is 2.07. The first-order chi connectivity index (χ1) is 8.20. The third-order valence-electron chi connectivity index (χ3n) is 2.64. The molecule has 0 bridgehead atoms. The van der Waals surface area contributed by atoms with Crippen LogP contribution in [0.15, 0.2) is 24.5 Å². The van der Waals surface area contributed by atoms with Gasteiger partial charge in [0, 0.05) is 30.5 Å². The summed E-state index contributed by atoms with van der Waals surface area (Å²) >= 11 is 1.87. The zero-order valence-corrected chi connectivity index (χ0v) is 11.3. The summed E-state index contributed by atoms with van der Waals surface area (Å²) in [7, 11) is 1.74. The molecule has 4 heteroatoms. The molecule has 0 radical (unpaired) electrons. The van der Waals surface area contributed by atoms with E-state index >= 15 is 0 Å². The predicted molar refractivity (Wildman–Crippen MR) is 72.6 cm³/mol. The summed E-state index contributed by atoms with van der Waals surface area (Å²) in [6, 6.07) is 4.14. The molecule has 0 saturated carbocycles. The topological polar surface area (TPSA) is 26.5 Å². The maximum Gasteiger partial charge on any atom is 0.139 e. The summed E-state index contributed by atoms with van der Waals surface area (Å²) in [5.74, 6) is 0.936. The second kappa shape index (κ2) is 5.56. The van der Waals surface area contributed by atoms with E-state index in [1.165, 1.54) is 5.56 Å². The normalized spacial score (nSPS) is 13.1. The Bertz CT molecular complexity index is 495. The van der Waals surface area contributed by atoms with Crippen molar-refractivity contribution in [3.05, 3.63) is 35.8 Å². The highest BCUT2D eigenvalue weighted by atomic mass is 32.2. The highest BCUT2D eigenvalue weighted by molar-refractivity contribution is 7.99. The molecule has 3 nitrogen and oxygen atoms in total.